The molecule has 3 N–H and O–H groups in total. The maximum Gasteiger partial charge on any atom is 0.187 e. The molecule has 0 saturated carbocycles. The molecule has 0 spiro atoms. The molecule has 0 unspecified atom stereocenters. The molecule has 0 aliphatic carbocycles. The van der Waals surface area contributed by atoms with Crippen LogP contribution in [0.15, 0.2) is 23.3 Å². The van der Waals surface area contributed by atoms with E-state index < -0.39 is 0 Å². The van der Waals surface area contributed by atoms with E-state index in [0.29, 0.717) is 24.0 Å². The molecular formula is C15H21N3O3S. The van der Waals surface area contributed by atoms with Crippen LogP contribution in [0, 0.1) is 0 Å². The highest BCUT2D eigenvalue weighted by Gasteiger charge is 2.14. The number of rotatable bonds is 6. The average Bonchev–Trinajstić information content (AvgIpc) is 3.02. The first-order valence-corrected chi connectivity index (χ1v) is 7.74. The van der Waals surface area contributed by atoms with Crippen LogP contribution in [0.5, 0.6) is 11.5 Å². The van der Waals surface area contributed by atoms with E-state index in [4.69, 9.17) is 21.7 Å². The molecule has 2 rings (SSSR count). The van der Waals surface area contributed by atoms with Crippen molar-refractivity contribution in [3.05, 3.63) is 23.8 Å². The summed E-state index contributed by atoms with van der Waals surface area (Å²) in [5.74, 6) is 0.547. The monoisotopic (exact) mass is 323 g/mol. The number of hydrazone groups is 1. The van der Waals surface area contributed by atoms with Crippen LogP contribution in [0.1, 0.15) is 25.3 Å². The third-order valence-electron chi connectivity index (χ3n) is 3.18. The Morgan fingerprint density at radius 1 is 1.59 bits per heavy atom. The van der Waals surface area contributed by atoms with Gasteiger partial charge in [0, 0.05) is 13.2 Å². The summed E-state index contributed by atoms with van der Waals surface area (Å²) in [6.07, 6.45) is 4.01. The minimum absolute atomic E-state index is 0.112. The maximum absolute atomic E-state index is 9.63. The van der Waals surface area contributed by atoms with Gasteiger partial charge in [0.2, 0.25) is 0 Å². The summed E-state index contributed by atoms with van der Waals surface area (Å²) in [6, 6.07) is 5.03. The minimum atomic E-state index is 0.112. The third kappa shape index (κ3) is 5.16. The number of hydrogen-bond donors (Lipinski definition) is 3. The molecule has 22 heavy (non-hydrogen) atoms. The van der Waals surface area contributed by atoms with Gasteiger partial charge in [0.25, 0.3) is 0 Å². The summed E-state index contributed by atoms with van der Waals surface area (Å²) in [5.41, 5.74) is 3.55. The van der Waals surface area contributed by atoms with Gasteiger partial charge in [-0.15, -0.1) is 0 Å². The van der Waals surface area contributed by atoms with E-state index in [-0.39, 0.29) is 11.9 Å². The Hall–Kier alpha value is -1.86. The second kappa shape index (κ2) is 8.55. The number of thiocarbonyl (C=S) groups is 1. The molecular weight excluding hydrogens is 302 g/mol. The SMILES string of the molecule is CCOc1cc(/C=N/NC(=S)NC[C@H]2CCCO2)ccc1O. The Balaban J connectivity index is 1.78. The molecule has 1 fully saturated rings. The highest BCUT2D eigenvalue weighted by atomic mass is 32.1. The fourth-order valence-corrected chi connectivity index (χ4v) is 2.23. The standard InChI is InChI=1S/C15H21N3O3S/c1-2-20-14-8-11(5-6-13(14)19)9-17-18-15(22)16-10-12-4-3-7-21-12/h5-6,8-9,12,19H,2-4,7,10H2,1H3,(H2,16,18,22)/b17-9+/t12-/m1/s1. The Bertz CT molecular complexity index is 531. The lowest BCUT2D eigenvalue weighted by molar-refractivity contribution is 0.114. The van der Waals surface area contributed by atoms with Crippen LogP contribution in [-0.4, -0.2) is 42.3 Å². The van der Waals surface area contributed by atoms with Crippen molar-refractivity contribution < 1.29 is 14.6 Å². The van der Waals surface area contributed by atoms with Crippen LogP contribution >= 0.6 is 12.2 Å². The van der Waals surface area contributed by atoms with Crippen LogP contribution in [-0.2, 0) is 4.74 Å². The summed E-state index contributed by atoms with van der Waals surface area (Å²) in [5, 5.41) is 17.2. The number of nitrogens with zero attached hydrogens (tertiary/aromatic N) is 1. The molecule has 6 nitrogen and oxygen atoms in total. The third-order valence-corrected chi connectivity index (χ3v) is 3.41. The number of benzene rings is 1. The Kier molecular flexibility index (Phi) is 6.42. The second-order valence-electron chi connectivity index (χ2n) is 4.88. The van der Waals surface area contributed by atoms with Crippen molar-refractivity contribution in [3.63, 3.8) is 0 Å². The lowest BCUT2D eigenvalue weighted by Gasteiger charge is -2.11. The molecule has 0 amide bonds. The summed E-state index contributed by atoms with van der Waals surface area (Å²) < 4.78 is 10.8. The molecule has 1 atom stereocenters. The molecule has 1 aliphatic heterocycles. The normalized spacial score (nSPS) is 17.6. The van der Waals surface area contributed by atoms with Gasteiger partial charge in [-0.1, -0.05) is 0 Å². The first-order chi connectivity index (χ1) is 10.7. The number of nitrogens with one attached hydrogen (secondary N) is 2. The van der Waals surface area contributed by atoms with Crippen molar-refractivity contribution in [2.75, 3.05) is 19.8 Å². The smallest absolute Gasteiger partial charge is 0.187 e. The van der Waals surface area contributed by atoms with Crippen molar-refractivity contribution in [1.29, 1.82) is 0 Å². The fraction of sp³-hybridized carbons (Fsp3) is 0.467. The van der Waals surface area contributed by atoms with E-state index in [1.54, 1.807) is 24.4 Å². The average molecular weight is 323 g/mol. The molecule has 0 aromatic heterocycles. The van der Waals surface area contributed by atoms with Gasteiger partial charge in [-0.25, -0.2) is 0 Å². The second-order valence-corrected chi connectivity index (χ2v) is 5.28. The van der Waals surface area contributed by atoms with Gasteiger partial charge >= 0.3 is 0 Å². The number of hydrogen-bond acceptors (Lipinski definition) is 5. The van der Waals surface area contributed by atoms with Gasteiger partial charge in [0.15, 0.2) is 16.6 Å². The quantitative estimate of drug-likeness (QED) is 0.421. The van der Waals surface area contributed by atoms with Crippen molar-refractivity contribution in [1.82, 2.24) is 10.7 Å². The zero-order valence-corrected chi connectivity index (χ0v) is 13.4. The van der Waals surface area contributed by atoms with Gasteiger partial charge in [-0.2, -0.15) is 5.10 Å². The molecule has 1 heterocycles. The number of phenols is 1. The number of ether oxygens (including phenoxy) is 2. The Morgan fingerprint density at radius 2 is 2.45 bits per heavy atom. The highest BCUT2D eigenvalue weighted by Crippen LogP contribution is 2.26. The lowest BCUT2D eigenvalue weighted by Crippen LogP contribution is -2.37. The van der Waals surface area contributed by atoms with Crippen molar-refractivity contribution >= 4 is 23.5 Å². The Labute approximate surface area is 135 Å². The molecule has 0 radical (unpaired) electrons. The summed E-state index contributed by atoms with van der Waals surface area (Å²) in [4.78, 5) is 0. The van der Waals surface area contributed by atoms with Crippen LogP contribution in [0.25, 0.3) is 0 Å². The molecule has 120 valence electrons. The molecule has 0 bridgehead atoms. The minimum Gasteiger partial charge on any atom is -0.504 e. The zero-order valence-electron chi connectivity index (χ0n) is 12.5. The van der Waals surface area contributed by atoms with Gasteiger partial charge in [-0.05, 0) is 55.7 Å². The highest BCUT2D eigenvalue weighted by molar-refractivity contribution is 7.80. The van der Waals surface area contributed by atoms with Crippen molar-refractivity contribution in [2.45, 2.75) is 25.9 Å². The summed E-state index contributed by atoms with van der Waals surface area (Å²) in [6.45, 7) is 3.87. The first kappa shape index (κ1) is 16.5. The van der Waals surface area contributed by atoms with Crippen molar-refractivity contribution in [2.24, 2.45) is 5.10 Å². The Morgan fingerprint density at radius 3 is 3.18 bits per heavy atom. The van der Waals surface area contributed by atoms with Crippen LogP contribution < -0.4 is 15.5 Å². The van der Waals surface area contributed by atoms with Crippen LogP contribution in [0.4, 0.5) is 0 Å². The molecule has 1 aromatic rings. The van der Waals surface area contributed by atoms with E-state index in [1.807, 2.05) is 6.92 Å². The summed E-state index contributed by atoms with van der Waals surface area (Å²) in [7, 11) is 0. The van der Waals surface area contributed by atoms with Gasteiger partial charge < -0.3 is 19.9 Å². The van der Waals surface area contributed by atoms with Gasteiger partial charge in [0.1, 0.15) is 0 Å². The molecule has 7 heteroatoms. The van der Waals surface area contributed by atoms with E-state index >= 15 is 0 Å². The predicted molar refractivity (Wildman–Crippen MR) is 89.6 cm³/mol. The fourth-order valence-electron chi connectivity index (χ4n) is 2.10. The van der Waals surface area contributed by atoms with E-state index in [2.05, 4.69) is 15.8 Å². The van der Waals surface area contributed by atoms with Crippen molar-refractivity contribution in [3.8, 4) is 11.5 Å². The first-order valence-electron chi connectivity index (χ1n) is 7.33. The lowest BCUT2D eigenvalue weighted by atomic mass is 10.2. The summed E-state index contributed by atoms with van der Waals surface area (Å²) >= 11 is 5.14. The molecule has 1 aromatic carbocycles. The molecule has 1 aliphatic rings. The van der Waals surface area contributed by atoms with Crippen LogP contribution in [0.3, 0.4) is 0 Å². The van der Waals surface area contributed by atoms with E-state index in [0.717, 1.165) is 25.0 Å². The number of phenolic OH excluding ortho intramolecular Hbond substituents is 1. The largest absolute Gasteiger partial charge is 0.504 e. The van der Waals surface area contributed by atoms with Crippen LogP contribution in [0.2, 0.25) is 0 Å². The van der Waals surface area contributed by atoms with E-state index in [9.17, 15) is 5.11 Å². The maximum atomic E-state index is 9.63. The topological polar surface area (TPSA) is 75.1 Å². The van der Waals surface area contributed by atoms with Gasteiger partial charge in [0.05, 0.1) is 18.9 Å². The predicted octanol–water partition coefficient (Wildman–Crippen LogP) is 1.77. The zero-order chi connectivity index (χ0) is 15.8. The molecule has 1 saturated heterocycles. The van der Waals surface area contributed by atoms with Gasteiger partial charge in [-0.3, -0.25) is 5.43 Å². The van der Waals surface area contributed by atoms with E-state index in [1.165, 1.54) is 0 Å². The number of aromatic hydroxyl groups is 1.